The lowest BCUT2D eigenvalue weighted by molar-refractivity contribution is -0.384. The molecule has 0 radical (unpaired) electrons. The van der Waals surface area contributed by atoms with Gasteiger partial charge in [-0.3, -0.25) is 14.9 Å². The van der Waals surface area contributed by atoms with Crippen molar-refractivity contribution in [2.24, 2.45) is 0 Å². The third-order valence-corrected chi connectivity index (χ3v) is 6.22. The molecule has 0 atom stereocenters. The Morgan fingerprint density at radius 3 is 2.64 bits per heavy atom. The first-order chi connectivity index (χ1) is 17.2. The van der Waals surface area contributed by atoms with E-state index in [4.69, 9.17) is 25.8 Å². The number of methoxy groups -OCH3 is 1. The van der Waals surface area contributed by atoms with Crippen molar-refractivity contribution in [1.29, 1.82) is 0 Å². The highest BCUT2D eigenvalue weighted by Gasteiger charge is 2.27. The van der Waals surface area contributed by atoms with E-state index in [2.05, 4.69) is 10.4 Å². The molecule has 0 fully saturated rings. The summed E-state index contributed by atoms with van der Waals surface area (Å²) in [5, 5.41) is 17.7. The first-order valence-electron chi connectivity index (χ1n) is 10.5. The van der Waals surface area contributed by atoms with E-state index in [1.54, 1.807) is 6.92 Å². The predicted octanol–water partition coefficient (Wildman–Crippen LogP) is 4.46. The van der Waals surface area contributed by atoms with Crippen LogP contribution in [0, 0.1) is 17.0 Å². The predicted molar refractivity (Wildman–Crippen MR) is 130 cm³/mol. The van der Waals surface area contributed by atoms with Gasteiger partial charge >= 0.3 is 11.9 Å². The molecule has 1 N–H and O–H groups in total. The number of nitrogens with zero attached hydrogens (tertiary/aromatic N) is 3. The third kappa shape index (κ3) is 5.98. The lowest BCUT2D eigenvalue weighted by atomic mass is 10.1. The minimum atomic E-state index is -0.671. The van der Waals surface area contributed by atoms with Gasteiger partial charge in [0, 0.05) is 18.3 Å². The normalized spacial score (nSPS) is 10.6. The van der Waals surface area contributed by atoms with Gasteiger partial charge in [0.1, 0.15) is 15.6 Å². The standard InChI is InChI=1S/C22H21ClN4O8S/c1-4-9-34-21(29)17-12(2)18(22(30)33-3)36-20(17)24-19(28)15-7-8-26(25-15)11-35-16-6-5-13(27(31)32)10-14(16)23/h5-8,10H,4,9,11H2,1-3H3,(H,24,28). The number of nitro benzene ring substituents is 1. The van der Waals surface area contributed by atoms with Gasteiger partial charge in [0.2, 0.25) is 0 Å². The average molecular weight is 537 g/mol. The number of thiophene rings is 1. The summed E-state index contributed by atoms with van der Waals surface area (Å²) in [5.41, 5.74) is 0.231. The summed E-state index contributed by atoms with van der Waals surface area (Å²) >= 11 is 6.91. The molecule has 0 aliphatic heterocycles. The van der Waals surface area contributed by atoms with Crippen molar-refractivity contribution in [3.8, 4) is 5.75 Å². The molecule has 0 unspecified atom stereocenters. The highest BCUT2D eigenvalue weighted by Crippen LogP contribution is 2.34. The second-order valence-electron chi connectivity index (χ2n) is 7.23. The minimum absolute atomic E-state index is 0.00643. The number of hydrogen-bond acceptors (Lipinski definition) is 10. The molecule has 0 spiro atoms. The average Bonchev–Trinajstić information content (AvgIpc) is 3.45. The molecule has 2 aromatic heterocycles. The topological polar surface area (TPSA) is 152 Å². The molecular weight excluding hydrogens is 516 g/mol. The number of amides is 1. The highest BCUT2D eigenvalue weighted by molar-refractivity contribution is 7.18. The van der Waals surface area contributed by atoms with Gasteiger partial charge < -0.3 is 19.5 Å². The second-order valence-corrected chi connectivity index (χ2v) is 8.66. The van der Waals surface area contributed by atoms with Crippen LogP contribution in [0.1, 0.15) is 49.4 Å². The van der Waals surface area contributed by atoms with E-state index in [0.717, 1.165) is 17.4 Å². The maximum Gasteiger partial charge on any atom is 0.348 e. The molecule has 0 aliphatic rings. The number of non-ortho nitro benzene ring substituents is 1. The fraction of sp³-hybridized carbons (Fsp3) is 0.273. The SMILES string of the molecule is CCCOC(=O)c1c(NC(=O)c2ccn(COc3ccc([N+](=O)[O-])cc3Cl)n2)sc(C(=O)OC)c1C. The maximum absolute atomic E-state index is 12.8. The van der Waals surface area contributed by atoms with Crippen LogP contribution < -0.4 is 10.1 Å². The molecule has 12 nitrogen and oxygen atoms in total. The zero-order valence-electron chi connectivity index (χ0n) is 19.4. The van der Waals surface area contributed by atoms with Crippen molar-refractivity contribution >= 4 is 51.5 Å². The molecule has 0 saturated heterocycles. The number of rotatable bonds is 10. The Kier molecular flexibility index (Phi) is 8.61. The summed E-state index contributed by atoms with van der Waals surface area (Å²) in [5.74, 6) is -1.75. The largest absolute Gasteiger partial charge is 0.470 e. The Morgan fingerprint density at radius 1 is 1.25 bits per heavy atom. The van der Waals surface area contributed by atoms with Crippen molar-refractivity contribution in [3.05, 3.63) is 67.3 Å². The zero-order valence-corrected chi connectivity index (χ0v) is 21.0. The smallest absolute Gasteiger partial charge is 0.348 e. The number of nitrogens with one attached hydrogen (secondary N) is 1. The van der Waals surface area contributed by atoms with Gasteiger partial charge in [-0.15, -0.1) is 11.3 Å². The third-order valence-electron chi connectivity index (χ3n) is 4.74. The quantitative estimate of drug-likeness (QED) is 0.225. The molecule has 1 amide bonds. The number of nitro groups is 1. The van der Waals surface area contributed by atoms with Gasteiger partial charge in [0.25, 0.3) is 11.6 Å². The Labute approximate surface area is 213 Å². The molecule has 190 valence electrons. The van der Waals surface area contributed by atoms with Crippen molar-refractivity contribution in [2.75, 3.05) is 19.0 Å². The molecule has 3 aromatic rings. The van der Waals surface area contributed by atoms with Crippen LogP contribution in [0.25, 0.3) is 0 Å². The van der Waals surface area contributed by atoms with E-state index in [1.165, 1.54) is 36.2 Å². The van der Waals surface area contributed by atoms with Crippen molar-refractivity contribution in [3.63, 3.8) is 0 Å². The molecule has 36 heavy (non-hydrogen) atoms. The van der Waals surface area contributed by atoms with E-state index in [9.17, 15) is 24.5 Å². The summed E-state index contributed by atoms with van der Waals surface area (Å²) < 4.78 is 16.8. The summed E-state index contributed by atoms with van der Waals surface area (Å²) in [4.78, 5) is 47.9. The molecular formula is C22H21ClN4O8S. The van der Waals surface area contributed by atoms with E-state index in [0.29, 0.717) is 12.0 Å². The maximum atomic E-state index is 12.8. The van der Waals surface area contributed by atoms with Crippen molar-refractivity contribution in [2.45, 2.75) is 27.0 Å². The van der Waals surface area contributed by atoms with Crippen LogP contribution in [0.15, 0.2) is 30.5 Å². The van der Waals surface area contributed by atoms with E-state index in [-0.39, 0.29) is 50.9 Å². The second kappa shape index (κ2) is 11.6. The monoisotopic (exact) mass is 536 g/mol. The number of anilines is 1. The number of hydrogen-bond donors (Lipinski definition) is 1. The summed E-state index contributed by atoms with van der Waals surface area (Å²) in [6.07, 6.45) is 2.08. The van der Waals surface area contributed by atoms with Crippen LogP contribution in [-0.4, -0.2) is 46.3 Å². The Morgan fingerprint density at radius 2 is 2.00 bits per heavy atom. The Hall–Kier alpha value is -3.97. The summed E-state index contributed by atoms with van der Waals surface area (Å²) in [6, 6.07) is 5.19. The number of carbonyl (C=O) groups excluding carboxylic acids is 3. The molecule has 1 aromatic carbocycles. The first kappa shape index (κ1) is 26.6. The highest BCUT2D eigenvalue weighted by atomic mass is 35.5. The van der Waals surface area contributed by atoms with Gasteiger partial charge in [-0.2, -0.15) is 5.10 Å². The fourth-order valence-electron chi connectivity index (χ4n) is 2.98. The molecule has 3 rings (SSSR count). The van der Waals surface area contributed by atoms with E-state index < -0.39 is 22.8 Å². The lowest BCUT2D eigenvalue weighted by Gasteiger charge is -2.08. The number of benzene rings is 1. The van der Waals surface area contributed by atoms with Crippen LogP contribution in [0.2, 0.25) is 5.02 Å². The van der Waals surface area contributed by atoms with Gasteiger partial charge in [0.05, 0.1) is 29.2 Å². The zero-order chi connectivity index (χ0) is 26.4. The number of aromatic nitrogens is 2. The van der Waals surface area contributed by atoms with Gasteiger partial charge in [-0.1, -0.05) is 18.5 Å². The summed E-state index contributed by atoms with van der Waals surface area (Å²) in [7, 11) is 1.22. The van der Waals surface area contributed by atoms with Crippen LogP contribution >= 0.6 is 22.9 Å². The molecule has 0 aliphatic carbocycles. The van der Waals surface area contributed by atoms with Crippen LogP contribution in [0.3, 0.4) is 0 Å². The van der Waals surface area contributed by atoms with Crippen LogP contribution in [0.4, 0.5) is 10.7 Å². The van der Waals surface area contributed by atoms with E-state index >= 15 is 0 Å². The van der Waals surface area contributed by atoms with Gasteiger partial charge in [-0.25, -0.2) is 14.3 Å². The molecule has 2 heterocycles. The number of esters is 2. The van der Waals surface area contributed by atoms with Crippen LogP contribution in [0.5, 0.6) is 5.75 Å². The number of carbonyl (C=O) groups is 3. The molecule has 14 heteroatoms. The Balaban J connectivity index is 1.75. The first-order valence-corrected chi connectivity index (χ1v) is 11.7. The molecule has 0 bridgehead atoms. The number of halogens is 1. The van der Waals surface area contributed by atoms with Gasteiger partial charge in [0.15, 0.2) is 12.4 Å². The molecule has 0 saturated carbocycles. The Bertz CT molecular complexity index is 1320. The van der Waals surface area contributed by atoms with E-state index in [1.807, 2.05) is 6.92 Å². The lowest BCUT2D eigenvalue weighted by Crippen LogP contribution is -2.16. The summed E-state index contributed by atoms with van der Waals surface area (Å²) in [6.45, 7) is 3.45. The van der Waals surface area contributed by atoms with Crippen molar-refractivity contribution < 1.29 is 33.5 Å². The minimum Gasteiger partial charge on any atom is -0.470 e. The van der Waals surface area contributed by atoms with Gasteiger partial charge in [-0.05, 0) is 31.0 Å². The van der Waals surface area contributed by atoms with Crippen LogP contribution in [-0.2, 0) is 16.2 Å². The van der Waals surface area contributed by atoms with Crippen molar-refractivity contribution in [1.82, 2.24) is 9.78 Å². The number of ether oxygens (including phenoxy) is 3. The fourth-order valence-corrected chi connectivity index (χ4v) is 4.32.